The van der Waals surface area contributed by atoms with Crippen molar-refractivity contribution < 1.29 is 4.79 Å². The summed E-state index contributed by atoms with van der Waals surface area (Å²) in [5.41, 5.74) is 5.75. The van der Waals surface area contributed by atoms with E-state index in [1.165, 1.54) is 0 Å². The highest BCUT2D eigenvalue weighted by atomic mass is 32.1. The number of nitrogens with zero attached hydrogens (tertiary/aromatic N) is 4. The lowest BCUT2D eigenvalue weighted by molar-refractivity contribution is -0.135. The quantitative estimate of drug-likeness (QED) is 0.885. The van der Waals surface area contributed by atoms with Gasteiger partial charge in [0.05, 0.1) is 11.3 Å². The van der Waals surface area contributed by atoms with E-state index in [0.717, 1.165) is 35.4 Å². The van der Waals surface area contributed by atoms with Crippen LogP contribution in [0.25, 0.3) is 10.2 Å². The summed E-state index contributed by atoms with van der Waals surface area (Å²) in [5.74, 6) is 1.17. The van der Waals surface area contributed by atoms with Crippen molar-refractivity contribution >= 4 is 33.3 Å². The van der Waals surface area contributed by atoms with Crippen molar-refractivity contribution in [2.24, 2.45) is 17.1 Å². The van der Waals surface area contributed by atoms with E-state index in [1.54, 1.807) is 17.7 Å². The van der Waals surface area contributed by atoms with Gasteiger partial charge in [-0.05, 0) is 36.2 Å². The van der Waals surface area contributed by atoms with Crippen LogP contribution in [-0.2, 0) is 4.79 Å². The number of anilines is 1. The molecule has 136 valence electrons. The van der Waals surface area contributed by atoms with Crippen molar-refractivity contribution in [3.05, 3.63) is 17.8 Å². The third-order valence-electron chi connectivity index (χ3n) is 4.90. The SMILES string of the molecule is CN(CC(C)(C)CN)C(=O)C1CCCN(c2ncnc3sccc23)C1. The molecule has 2 aromatic rings. The lowest BCUT2D eigenvalue weighted by atomic mass is 9.91. The van der Waals surface area contributed by atoms with Gasteiger partial charge in [-0.15, -0.1) is 11.3 Å². The monoisotopic (exact) mass is 361 g/mol. The minimum absolute atomic E-state index is 0.0102. The molecule has 1 unspecified atom stereocenters. The van der Waals surface area contributed by atoms with E-state index >= 15 is 0 Å². The van der Waals surface area contributed by atoms with Crippen LogP contribution in [0.5, 0.6) is 0 Å². The fraction of sp³-hybridized carbons (Fsp3) is 0.611. The van der Waals surface area contributed by atoms with Crippen molar-refractivity contribution in [3.8, 4) is 0 Å². The number of carbonyl (C=O) groups excluding carboxylic acids is 1. The largest absolute Gasteiger partial charge is 0.355 e. The maximum Gasteiger partial charge on any atom is 0.227 e. The van der Waals surface area contributed by atoms with Crippen LogP contribution in [0.2, 0.25) is 0 Å². The second-order valence-corrected chi connectivity index (χ2v) is 8.58. The molecule has 0 aromatic carbocycles. The molecule has 1 saturated heterocycles. The number of piperidine rings is 1. The van der Waals surface area contributed by atoms with Crippen molar-refractivity contribution in [1.29, 1.82) is 0 Å². The summed E-state index contributed by atoms with van der Waals surface area (Å²) in [6.45, 7) is 7.09. The highest BCUT2D eigenvalue weighted by Crippen LogP contribution is 2.30. The summed E-state index contributed by atoms with van der Waals surface area (Å²) in [7, 11) is 1.89. The van der Waals surface area contributed by atoms with Crippen LogP contribution in [0.4, 0.5) is 5.82 Å². The minimum Gasteiger partial charge on any atom is -0.355 e. The van der Waals surface area contributed by atoms with Crippen molar-refractivity contribution in [2.45, 2.75) is 26.7 Å². The van der Waals surface area contributed by atoms with Gasteiger partial charge in [-0.2, -0.15) is 0 Å². The normalized spacial score (nSPS) is 18.6. The molecule has 1 aliphatic heterocycles. The van der Waals surface area contributed by atoms with E-state index in [-0.39, 0.29) is 17.2 Å². The molecule has 3 heterocycles. The Morgan fingerprint density at radius 2 is 2.28 bits per heavy atom. The number of aromatic nitrogens is 2. The van der Waals surface area contributed by atoms with Crippen molar-refractivity contribution in [3.63, 3.8) is 0 Å². The average Bonchev–Trinajstić information content (AvgIpc) is 3.09. The first-order valence-corrected chi connectivity index (χ1v) is 9.67. The van der Waals surface area contributed by atoms with Crippen LogP contribution in [-0.4, -0.2) is 54.0 Å². The zero-order valence-corrected chi connectivity index (χ0v) is 16.1. The van der Waals surface area contributed by atoms with Gasteiger partial charge in [0.2, 0.25) is 5.91 Å². The molecule has 0 saturated carbocycles. The molecule has 1 aliphatic rings. The molecular weight excluding hydrogens is 334 g/mol. The fourth-order valence-electron chi connectivity index (χ4n) is 3.50. The van der Waals surface area contributed by atoms with Crippen LogP contribution in [0.3, 0.4) is 0 Å². The van der Waals surface area contributed by atoms with Crippen LogP contribution >= 0.6 is 11.3 Å². The standard InChI is InChI=1S/C18H27N5OS/c1-18(2,10-19)11-22(3)17(24)13-5-4-7-23(9-13)15-14-6-8-25-16(14)21-12-20-15/h6,8,12-13H,4-5,7,9-11,19H2,1-3H3. The van der Waals surface area contributed by atoms with Gasteiger partial charge in [-0.25, -0.2) is 9.97 Å². The molecule has 25 heavy (non-hydrogen) atoms. The third-order valence-corrected chi connectivity index (χ3v) is 5.73. The zero-order valence-electron chi connectivity index (χ0n) is 15.2. The first-order chi connectivity index (χ1) is 11.9. The van der Waals surface area contributed by atoms with Crippen LogP contribution < -0.4 is 10.6 Å². The maximum absolute atomic E-state index is 12.9. The van der Waals surface area contributed by atoms with E-state index in [9.17, 15) is 4.79 Å². The summed E-state index contributed by atoms with van der Waals surface area (Å²) >= 11 is 1.62. The topological polar surface area (TPSA) is 75.3 Å². The number of rotatable bonds is 5. The Kier molecular flexibility index (Phi) is 5.24. The van der Waals surface area contributed by atoms with Crippen molar-refractivity contribution in [1.82, 2.24) is 14.9 Å². The zero-order chi connectivity index (χ0) is 18.0. The Morgan fingerprint density at radius 1 is 1.48 bits per heavy atom. The predicted octanol–water partition coefficient (Wildman–Crippen LogP) is 2.35. The van der Waals surface area contributed by atoms with Crippen LogP contribution in [0.15, 0.2) is 17.8 Å². The molecule has 0 bridgehead atoms. The maximum atomic E-state index is 12.9. The number of thiophene rings is 1. The van der Waals surface area contributed by atoms with Gasteiger partial charge in [0.25, 0.3) is 0 Å². The molecule has 2 N–H and O–H groups in total. The first kappa shape index (κ1) is 18.1. The van der Waals surface area contributed by atoms with Gasteiger partial charge in [-0.3, -0.25) is 4.79 Å². The first-order valence-electron chi connectivity index (χ1n) is 8.79. The Hall–Kier alpha value is -1.73. The number of nitrogens with two attached hydrogens (primary N) is 1. The number of fused-ring (bicyclic) bond motifs is 1. The van der Waals surface area contributed by atoms with Gasteiger partial charge < -0.3 is 15.5 Å². The molecule has 1 amide bonds. The molecule has 1 fully saturated rings. The highest BCUT2D eigenvalue weighted by molar-refractivity contribution is 7.16. The van der Waals surface area contributed by atoms with Gasteiger partial charge in [0.1, 0.15) is 17.0 Å². The van der Waals surface area contributed by atoms with Gasteiger partial charge >= 0.3 is 0 Å². The Balaban J connectivity index is 1.73. The summed E-state index contributed by atoms with van der Waals surface area (Å²) in [6, 6.07) is 2.07. The van der Waals surface area contributed by atoms with Gasteiger partial charge in [0, 0.05) is 26.7 Å². The number of hydrogen-bond acceptors (Lipinski definition) is 6. The highest BCUT2D eigenvalue weighted by Gasteiger charge is 2.31. The molecule has 7 heteroatoms. The van der Waals surface area contributed by atoms with E-state index < -0.39 is 0 Å². The molecule has 1 atom stereocenters. The Morgan fingerprint density at radius 3 is 3.04 bits per heavy atom. The summed E-state index contributed by atoms with van der Waals surface area (Å²) in [6.07, 6.45) is 3.55. The number of hydrogen-bond donors (Lipinski definition) is 1. The van der Waals surface area contributed by atoms with Crippen molar-refractivity contribution in [2.75, 3.05) is 38.1 Å². The molecule has 2 aromatic heterocycles. The molecule has 3 rings (SSSR count). The summed E-state index contributed by atoms with van der Waals surface area (Å²) < 4.78 is 0. The smallest absolute Gasteiger partial charge is 0.227 e. The van der Waals surface area contributed by atoms with Gasteiger partial charge in [0.15, 0.2) is 0 Å². The van der Waals surface area contributed by atoms with E-state index in [4.69, 9.17) is 5.73 Å². The van der Waals surface area contributed by atoms with Gasteiger partial charge in [-0.1, -0.05) is 13.8 Å². The Labute approximate surface area is 153 Å². The average molecular weight is 362 g/mol. The van der Waals surface area contributed by atoms with E-state index in [2.05, 4.69) is 34.8 Å². The third kappa shape index (κ3) is 3.93. The van der Waals surface area contributed by atoms with Crippen LogP contribution in [0, 0.1) is 11.3 Å². The molecule has 6 nitrogen and oxygen atoms in total. The molecule has 0 spiro atoms. The molecule has 0 aliphatic carbocycles. The summed E-state index contributed by atoms with van der Waals surface area (Å²) in [5, 5.41) is 3.12. The molecular formula is C18H27N5OS. The summed E-state index contributed by atoms with van der Waals surface area (Å²) in [4.78, 5) is 26.8. The van der Waals surface area contributed by atoms with E-state index in [0.29, 0.717) is 19.6 Å². The van der Waals surface area contributed by atoms with E-state index in [1.807, 2.05) is 17.3 Å². The second-order valence-electron chi connectivity index (χ2n) is 7.68. The number of amides is 1. The fourth-order valence-corrected chi connectivity index (χ4v) is 4.22. The lowest BCUT2D eigenvalue weighted by Gasteiger charge is -2.36. The lowest BCUT2D eigenvalue weighted by Crippen LogP contribution is -2.47. The number of carbonyl (C=O) groups is 1. The second kappa shape index (κ2) is 7.25. The minimum atomic E-state index is -0.0613. The predicted molar refractivity (Wildman–Crippen MR) is 103 cm³/mol. The Bertz CT molecular complexity index is 744. The van der Waals surface area contributed by atoms with Crippen LogP contribution in [0.1, 0.15) is 26.7 Å². The molecule has 0 radical (unpaired) electrons.